The summed E-state index contributed by atoms with van der Waals surface area (Å²) in [6.45, 7) is 8.97. The van der Waals surface area contributed by atoms with Gasteiger partial charge in [-0.15, -0.1) is 0 Å². The van der Waals surface area contributed by atoms with E-state index in [-0.39, 0.29) is 11.8 Å². The molecule has 12 heteroatoms. The Morgan fingerprint density at radius 3 is 1.78 bits per heavy atom. The Bertz CT molecular complexity index is 1200. The molecule has 190 valence electrons. The summed E-state index contributed by atoms with van der Waals surface area (Å²) in [6.07, 6.45) is 0. The van der Waals surface area contributed by atoms with Crippen LogP contribution in [0.2, 0.25) is 0 Å². The van der Waals surface area contributed by atoms with Crippen molar-refractivity contribution in [2.45, 2.75) is 52.0 Å². The molecule has 1 fully saturated rings. The summed E-state index contributed by atoms with van der Waals surface area (Å²) in [5, 5.41) is 23.5. The van der Waals surface area contributed by atoms with Gasteiger partial charge in [0.15, 0.2) is 0 Å². The maximum absolute atomic E-state index is 11.8. The molecule has 2 amide bonds. The van der Waals surface area contributed by atoms with Crippen LogP contribution in [0.4, 0.5) is 0 Å². The molecule has 0 radical (unpaired) electrons. The molecule has 0 aliphatic carbocycles. The van der Waals surface area contributed by atoms with Crippen LogP contribution in [0.5, 0.6) is 11.5 Å². The van der Waals surface area contributed by atoms with Crippen molar-refractivity contribution < 1.29 is 38.4 Å². The van der Waals surface area contributed by atoms with Gasteiger partial charge in [0.05, 0.1) is 36.5 Å². The normalized spacial score (nSPS) is 18.5. The Hall–Kier alpha value is -3.05. The zero-order valence-electron chi connectivity index (χ0n) is 21.2. The zero-order chi connectivity index (χ0) is 26.4. The van der Waals surface area contributed by atoms with Crippen molar-refractivity contribution in [2.24, 2.45) is 0 Å². The molecular formula is C24H30B2N2O8. The fourth-order valence-electron chi connectivity index (χ4n) is 4.30. The summed E-state index contributed by atoms with van der Waals surface area (Å²) in [7, 11) is 0.995. The lowest BCUT2D eigenvalue weighted by Crippen LogP contribution is -2.41. The molecule has 36 heavy (non-hydrogen) atoms. The van der Waals surface area contributed by atoms with E-state index in [0.29, 0.717) is 41.2 Å². The van der Waals surface area contributed by atoms with Crippen LogP contribution >= 0.6 is 0 Å². The molecule has 1 saturated heterocycles. The van der Waals surface area contributed by atoms with Gasteiger partial charge in [0.2, 0.25) is 0 Å². The van der Waals surface area contributed by atoms with Gasteiger partial charge >= 0.3 is 14.2 Å². The third-order valence-electron chi connectivity index (χ3n) is 7.01. The summed E-state index contributed by atoms with van der Waals surface area (Å²) >= 11 is 0. The summed E-state index contributed by atoms with van der Waals surface area (Å²) in [4.78, 5) is 23.2. The molecule has 3 aliphatic heterocycles. The molecule has 3 heterocycles. The molecule has 0 unspecified atom stereocenters. The van der Waals surface area contributed by atoms with Gasteiger partial charge in [-0.2, -0.15) is 0 Å². The molecule has 0 atom stereocenters. The van der Waals surface area contributed by atoms with Gasteiger partial charge in [0.1, 0.15) is 11.5 Å². The van der Waals surface area contributed by atoms with Gasteiger partial charge in [0, 0.05) is 13.1 Å². The van der Waals surface area contributed by atoms with Crippen LogP contribution in [0.1, 0.15) is 59.5 Å². The van der Waals surface area contributed by atoms with Crippen molar-refractivity contribution in [1.29, 1.82) is 0 Å². The molecule has 10 nitrogen and oxygen atoms in total. The first-order chi connectivity index (χ1) is 16.9. The number of carbonyl (C=O) groups is 2. The first-order valence-corrected chi connectivity index (χ1v) is 11.6. The highest BCUT2D eigenvalue weighted by molar-refractivity contribution is 6.62. The standard InChI is InChI=1S/C15H20BNO4.C9H10BNO4/c1-14(2)15(3,4)21-16(20-14)10-6-9-8-17-13(18)12(9)11(7-10)19-5;1-15-7-3-6(10(13)14)2-5-4-11-9(12)8(5)7/h6-7H,8H2,1-5H3,(H,17,18);2-3,13-14H,4H2,1H3,(H,11,12). The first-order valence-electron chi connectivity index (χ1n) is 11.6. The summed E-state index contributed by atoms with van der Waals surface area (Å²) < 4.78 is 22.5. The average molecular weight is 496 g/mol. The number of carbonyl (C=O) groups excluding carboxylic acids is 2. The van der Waals surface area contributed by atoms with Crippen molar-refractivity contribution in [3.63, 3.8) is 0 Å². The third kappa shape index (κ3) is 4.57. The quantitative estimate of drug-likeness (QED) is 0.430. The lowest BCUT2D eigenvalue weighted by atomic mass is 9.77. The van der Waals surface area contributed by atoms with Gasteiger partial charge in [-0.1, -0.05) is 12.1 Å². The van der Waals surface area contributed by atoms with Crippen LogP contribution in [-0.4, -0.2) is 61.5 Å². The van der Waals surface area contributed by atoms with Gasteiger partial charge in [0.25, 0.3) is 11.8 Å². The third-order valence-corrected chi connectivity index (χ3v) is 7.01. The van der Waals surface area contributed by atoms with E-state index in [4.69, 9.17) is 28.8 Å². The molecule has 0 saturated carbocycles. The van der Waals surface area contributed by atoms with E-state index in [2.05, 4.69) is 10.6 Å². The average Bonchev–Trinajstić information content (AvgIpc) is 3.46. The fourth-order valence-corrected chi connectivity index (χ4v) is 4.30. The highest BCUT2D eigenvalue weighted by Crippen LogP contribution is 2.37. The van der Waals surface area contributed by atoms with E-state index in [0.717, 1.165) is 16.6 Å². The van der Waals surface area contributed by atoms with Crippen molar-refractivity contribution in [3.05, 3.63) is 46.5 Å². The Labute approximate surface area is 210 Å². The SMILES string of the molecule is COc1cc(B(O)O)cc2c1C(=O)NC2.COc1cc(B2OC(C)(C)C(C)(C)O2)cc2c1C(=O)NC2. The molecule has 0 spiro atoms. The molecule has 3 aliphatic rings. The molecule has 0 bridgehead atoms. The van der Waals surface area contributed by atoms with Crippen LogP contribution in [0.25, 0.3) is 0 Å². The van der Waals surface area contributed by atoms with Crippen LogP contribution in [0.15, 0.2) is 24.3 Å². The molecule has 2 aromatic carbocycles. The number of methoxy groups -OCH3 is 2. The molecule has 5 rings (SSSR count). The minimum atomic E-state index is -1.56. The minimum absolute atomic E-state index is 0.0951. The maximum atomic E-state index is 11.8. The Kier molecular flexibility index (Phi) is 6.82. The van der Waals surface area contributed by atoms with Gasteiger partial charge in [-0.05, 0) is 61.9 Å². The molecule has 0 aromatic heterocycles. The largest absolute Gasteiger partial charge is 0.496 e. The van der Waals surface area contributed by atoms with E-state index in [1.165, 1.54) is 13.2 Å². The number of hydrogen-bond donors (Lipinski definition) is 4. The van der Waals surface area contributed by atoms with Crippen molar-refractivity contribution in [2.75, 3.05) is 14.2 Å². The number of rotatable bonds is 4. The van der Waals surface area contributed by atoms with Crippen LogP contribution in [-0.2, 0) is 22.4 Å². The zero-order valence-corrected chi connectivity index (χ0v) is 21.2. The van der Waals surface area contributed by atoms with Crippen LogP contribution in [0, 0.1) is 0 Å². The van der Waals surface area contributed by atoms with Gasteiger partial charge in [-0.3, -0.25) is 9.59 Å². The number of benzene rings is 2. The predicted molar refractivity (Wildman–Crippen MR) is 134 cm³/mol. The minimum Gasteiger partial charge on any atom is -0.496 e. The Morgan fingerprint density at radius 1 is 0.833 bits per heavy atom. The van der Waals surface area contributed by atoms with Crippen molar-refractivity contribution in [3.8, 4) is 11.5 Å². The first kappa shape index (κ1) is 26.0. The second-order valence-corrected chi connectivity index (χ2v) is 9.84. The van der Waals surface area contributed by atoms with Crippen LogP contribution in [0.3, 0.4) is 0 Å². The summed E-state index contributed by atoms with van der Waals surface area (Å²) in [5.41, 5.74) is 3.14. The highest BCUT2D eigenvalue weighted by Gasteiger charge is 2.52. The Morgan fingerprint density at radius 2 is 1.31 bits per heavy atom. The molecular weight excluding hydrogens is 466 g/mol. The monoisotopic (exact) mass is 496 g/mol. The van der Waals surface area contributed by atoms with E-state index in [9.17, 15) is 9.59 Å². The Balaban J connectivity index is 0.000000179. The molecule has 2 aromatic rings. The number of hydrogen-bond acceptors (Lipinski definition) is 8. The van der Waals surface area contributed by atoms with Gasteiger partial charge < -0.3 is 39.5 Å². The van der Waals surface area contributed by atoms with Crippen LogP contribution < -0.4 is 31.0 Å². The fraction of sp³-hybridized carbons (Fsp3) is 0.417. The van der Waals surface area contributed by atoms with E-state index in [1.807, 2.05) is 39.8 Å². The van der Waals surface area contributed by atoms with Gasteiger partial charge in [-0.25, -0.2) is 0 Å². The van der Waals surface area contributed by atoms with E-state index in [1.54, 1.807) is 13.2 Å². The number of amides is 2. The number of fused-ring (bicyclic) bond motifs is 2. The second kappa shape index (κ2) is 9.44. The number of nitrogens with one attached hydrogen (secondary N) is 2. The second-order valence-electron chi connectivity index (χ2n) is 9.84. The predicted octanol–water partition coefficient (Wildman–Crippen LogP) is -0.144. The number of ether oxygens (including phenoxy) is 2. The summed E-state index contributed by atoms with van der Waals surface area (Å²) in [5.74, 6) is 0.640. The smallest absolute Gasteiger partial charge is 0.494 e. The lowest BCUT2D eigenvalue weighted by molar-refractivity contribution is 0.00578. The summed E-state index contributed by atoms with van der Waals surface area (Å²) in [6, 6.07) is 6.82. The lowest BCUT2D eigenvalue weighted by Gasteiger charge is -2.32. The van der Waals surface area contributed by atoms with E-state index >= 15 is 0 Å². The highest BCUT2D eigenvalue weighted by atomic mass is 16.7. The van der Waals surface area contributed by atoms with Crippen molar-refractivity contribution >= 4 is 37.0 Å². The topological polar surface area (TPSA) is 136 Å². The molecule has 4 N–H and O–H groups in total. The van der Waals surface area contributed by atoms with Crippen molar-refractivity contribution in [1.82, 2.24) is 10.6 Å². The maximum Gasteiger partial charge on any atom is 0.494 e. The van der Waals surface area contributed by atoms with E-state index < -0.39 is 25.4 Å².